The van der Waals surface area contributed by atoms with Gasteiger partial charge < -0.3 is 20.1 Å². The summed E-state index contributed by atoms with van der Waals surface area (Å²) in [4.78, 5) is 3.54. The number of nitrogens with one attached hydrogen (secondary N) is 1. The van der Waals surface area contributed by atoms with Crippen LogP contribution in [-0.2, 0) is 13.0 Å². The van der Waals surface area contributed by atoms with Gasteiger partial charge in [0.05, 0.1) is 6.61 Å². The summed E-state index contributed by atoms with van der Waals surface area (Å²) in [5.41, 5.74) is 2.41. The summed E-state index contributed by atoms with van der Waals surface area (Å²) in [6.07, 6.45) is 0.979. The zero-order chi connectivity index (χ0) is 20.5. The summed E-state index contributed by atoms with van der Waals surface area (Å²) in [5.74, 6) is 1.70. The lowest BCUT2D eigenvalue weighted by atomic mass is 10.1. The van der Waals surface area contributed by atoms with E-state index in [4.69, 9.17) is 4.74 Å². The van der Waals surface area contributed by atoms with Gasteiger partial charge in [0.15, 0.2) is 0 Å². The van der Waals surface area contributed by atoms with Gasteiger partial charge in [-0.05, 0) is 61.7 Å². The predicted molar refractivity (Wildman–Crippen MR) is 121 cm³/mol. The van der Waals surface area contributed by atoms with E-state index in [0.717, 1.165) is 31.0 Å². The second kappa shape index (κ2) is 11.1. The van der Waals surface area contributed by atoms with Crippen LogP contribution in [0.15, 0.2) is 66.0 Å². The average molecular weight is 411 g/mol. The summed E-state index contributed by atoms with van der Waals surface area (Å²) in [6, 6.07) is 20.9. The molecule has 0 fully saturated rings. The van der Waals surface area contributed by atoms with Crippen molar-refractivity contribution in [1.82, 2.24) is 10.2 Å². The number of hydrogen-bond acceptors (Lipinski definition) is 5. The van der Waals surface area contributed by atoms with E-state index in [0.29, 0.717) is 12.6 Å². The molecule has 1 aromatic heterocycles. The van der Waals surface area contributed by atoms with Crippen LogP contribution in [0, 0.1) is 6.92 Å². The predicted octanol–water partition coefficient (Wildman–Crippen LogP) is 4.47. The Labute approximate surface area is 177 Å². The summed E-state index contributed by atoms with van der Waals surface area (Å²) < 4.78 is 6.00. The van der Waals surface area contributed by atoms with E-state index in [2.05, 4.69) is 66.0 Å². The molecule has 0 bridgehead atoms. The van der Waals surface area contributed by atoms with Gasteiger partial charge in [-0.3, -0.25) is 0 Å². The van der Waals surface area contributed by atoms with Crippen molar-refractivity contribution < 1.29 is 9.84 Å². The molecule has 2 N–H and O–H groups in total. The van der Waals surface area contributed by atoms with E-state index >= 15 is 0 Å². The Balaban J connectivity index is 1.61. The van der Waals surface area contributed by atoms with Crippen LogP contribution in [0.4, 0.5) is 0 Å². The van der Waals surface area contributed by atoms with Gasteiger partial charge in [-0.1, -0.05) is 35.9 Å². The fourth-order valence-electron chi connectivity index (χ4n) is 3.23. The van der Waals surface area contributed by atoms with Crippen molar-refractivity contribution in [3.8, 4) is 11.5 Å². The third kappa shape index (κ3) is 7.29. The molecule has 0 saturated carbocycles. The molecule has 4 nitrogen and oxygen atoms in total. The lowest BCUT2D eigenvalue weighted by molar-refractivity contribution is 0.207. The van der Waals surface area contributed by atoms with Gasteiger partial charge in [-0.2, -0.15) is 0 Å². The Morgan fingerprint density at radius 2 is 1.90 bits per heavy atom. The molecule has 1 atom stereocenters. The first-order valence-corrected chi connectivity index (χ1v) is 10.9. The standard InChI is InChI=1S/C24H30N2O2S/c1-19-8-10-22(11-9-19)28-23-6-3-5-20(15-23)17-25-21(18-26(2)12-13-27)16-24-7-4-14-29-24/h3-11,14-15,21,25,27H,12-13,16-18H2,1-2H3. The molecule has 0 amide bonds. The maximum Gasteiger partial charge on any atom is 0.127 e. The monoisotopic (exact) mass is 410 g/mol. The van der Waals surface area contributed by atoms with Gasteiger partial charge in [0.25, 0.3) is 0 Å². The molecular formula is C24H30N2O2S. The number of aliphatic hydroxyl groups excluding tert-OH is 1. The smallest absolute Gasteiger partial charge is 0.127 e. The lowest BCUT2D eigenvalue weighted by Crippen LogP contribution is -2.41. The van der Waals surface area contributed by atoms with Crippen LogP contribution in [0.25, 0.3) is 0 Å². The lowest BCUT2D eigenvalue weighted by Gasteiger charge is -2.24. The van der Waals surface area contributed by atoms with E-state index in [1.54, 1.807) is 11.3 Å². The van der Waals surface area contributed by atoms with Gasteiger partial charge in [-0.25, -0.2) is 0 Å². The van der Waals surface area contributed by atoms with Crippen LogP contribution in [0.3, 0.4) is 0 Å². The van der Waals surface area contributed by atoms with Crippen LogP contribution in [0.5, 0.6) is 11.5 Å². The SMILES string of the molecule is Cc1ccc(Oc2cccc(CNC(Cc3cccs3)CN(C)CCO)c2)cc1. The largest absolute Gasteiger partial charge is 0.457 e. The van der Waals surface area contributed by atoms with Crippen molar-refractivity contribution in [2.45, 2.75) is 25.9 Å². The van der Waals surface area contributed by atoms with Crippen LogP contribution in [-0.4, -0.2) is 42.8 Å². The minimum absolute atomic E-state index is 0.181. The van der Waals surface area contributed by atoms with Gasteiger partial charge in [0, 0.05) is 30.6 Å². The first-order valence-electron chi connectivity index (χ1n) is 10.0. The third-order valence-corrected chi connectivity index (χ3v) is 5.69. The fourth-order valence-corrected chi connectivity index (χ4v) is 4.02. The first-order chi connectivity index (χ1) is 14.1. The topological polar surface area (TPSA) is 44.7 Å². The van der Waals surface area contributed by atoms with E-state index in [1.165, 1.54) is 16.0 Å². The highest BCUT2D eigenvalue weighted by atomic mass is 32.1. The average Bonchev–Trinajstić information content (AvgIpc) is 3.21. The number of aliphatic hydroxyl groups is 1. The molecule has 2 aromatic carbocycles. The normalized spacial score (nSPS) is 12.3. The molecule has 0 saturated heterocycles. The second-order valence-electron chi connectivity index (χ2n) is 7.41. The number of hydrogen-bond donors (Lipinski definition) is 2. The summed E-state index contributed by atoms with van der Waals surface area (Å²) in [5, 5.41) is 15.0. The zero-order valence-corrected chi connectivity index (χ0v) is 18.0. The molecule has 0 radical (unpaired) electrons. The van der Waals surface area contributed by atoms with Crippen LogP contribution < -0.4 is 10.1 Å². The highest BCUT2D eigenvalue weighted by Gasteiger charge is 2.13. The Hall–Kier alpha value is -2.18. The number of benzene rings is 2. The second-order valence-corrected chi connectivity index (χ2v) is 8.44. The van der Waals surface area contributed by atoms with Crippen LogP contribution >= 0.6 is 11.3 Å². The van der Waals surface area contributed by atoms with E-state index in [9.17, 15) is 5.11 Å². The molecule has 5 heteroatoms. The van der Waals surface area contributed by atoms with Gasteiger partial charge >= 0.3 is 0 Å². The van der Waals surface area contributed by atoms with Crippen molar-refractivity contribution in [2.24, 2.45) is 0 Å². The molecule has 0 spiro atoms. The summed E-state index contributed by atoms with van der Waals surface area (Å²) in [6.45, 7) is 4.59. The Bertz CT molecular complexity index is 850. The molecule has 3 rings (SSSR count). The quantitative estimate of drug-likeness (QED) is 0.489. The minimum Gasteiger partial charge on any atom is -0.457 e. The minimum atomic E-state index is 0.181. The highest BCUT2D eigenvalue weighted by Crippen LogP contribution is 2.22. The fraction of sp³-hybridized carbons (Fsp3) is 0.333. The highest BCUT2D eigenvalue weighted by molar-refractivity contribution is 7.09. The first kappa shape index (κ1) is 21.5. The van der Waals surface area contributed by atoms with E-state index in [1.807, 2.05) is 24.3 Å². The molecule has 29 heavy (non-hydrogen) atoms. The maximum absolute atomic E-state index is 9.21. The molecule has 1 unspecified atom stereocenters. The zero-order valence-electron chi connectivity index (χ0n) is 17.2. The molecule has 0 aliphatic heterocycles. The summed E-state index contributed by atoms with van der Waals surface area (Å²) >= 11 is 1.79. The third-order valence-electron chi connectivity index (χ3n) is 4.79. The van der Waals surface area contributed by atoms with Crippen molar-refractivity contribution in [3.63, 3.8) is 0 Å². The number of nitrogens with zero attached hydrogens (tertiary/aromatic N) is 1. The van der Waals surface area contributed by atoms with Gasteiger partial charge in [0.1, 0.15) is 11.5 Å². The molecule has 3 aromatic rings. The molecule has 0 aliphatic carbocycles. The van der Waals surface area contributed by atoms with Crippen LogP contribution in [0.2, 0.25) is 0 Å². The maximum atomic E-state index is 9.21. The number of likely N-dealkylation sites (N-methyl/N-ethyl adjacent to an activating group) is 1. The summed E-state index contributed by atoms with van der Waals surface area (Å²) in [7, 11) is 2.05. The van der Waals surface area contributed by atoms with E-state index in [-0.39, 0.29) is 6.61 Å². The molecular weight excluding hydrogens is 380 g/mol. The number of aryl methyl sites for hydroxylation is 1. The van der Waals surface area contributed by atoms with Crippen molar-refractivity contribution in [1.29, 1.82) is 0 Å². The molecule has 1 heterocycles. The molecule has 154 valence electrons. The molecule has 0 aliphatic rings. The number of rotatable bonds is 11. The number of ether oxygens (including phenoxy) is 1. The van der Waals surface area contributed by atoms with Crippen LogP contribution in [0.1, 0.15) is 16.0 Å². The Morgan fingerprint density at radius 1 is 1.07 bits per heavy atom. The van der Waals surface area contributed by atoms with Crippen molar-refractivity contribution >= 4 is 11.3 Å². The van der Waals surface area contributed by atoms with Crippen molar-refractivity contribution in [3.05, 3.63) is 82.0 Å². The number of thiophene rings is 1. The van der Waals surface area contributed by atoms with Gasteiger partial charge in [0.2, 0.25) is 0 Å². The van der Waals surface area contributed by atoms with E-state index < -0.39 is 0 Å². The Morgan fingerprint density at radius 3 is 2.62 bits per heavy atom. The Kier molecular flexibility index (Phi) is 8.25. The van der Waals surface area contributed by atoms with Crippen molar-refractivity contribution in [2.75, 3.05) is 26.7 Å². The van der Waals surface area contributed by atoms with Gasteiger partial charge in [-0.15, -0.1) is 11.3 Å².